The molecule has 0 radical (unpaired) electrons. The van der Waals surface area contributed by atoms with Crippen molar-refractivity contribution in [2.45, 2.75) is 13.0 Å². The van der Waals surface area contributed by atoms with Gasteiger partial charge < -0.3 is 20.7 Å². The lowest BCUT2D eigenvalue weighted by atomic mass is 10.0. The lowest BCUT2D eigenvalue weighted by Gasteiger charge is -2.08. The smallest absolute Gasteiger partial charge is 0.213 e. The molecule has 0 saturated heterocycles. The van der Waals surface area contributed by atoms with E-state index in [9.17, 15) is 4.39 Å². The van der Waals surface area contributed by atoms with Gasteiger partial charge in [0.2, 0.25) is 5.88 Å². The quantitative estimate of drug-likeness (QED) is 0.516. The molecule has 3 heterocycles. The highest BCUT2D eigenvalue weighted by molar-refractivity contribution is 5.71. The second-order valence-corrected chi connectivity index (χ2v) is 6.38. The Morgan fingerprint density at radius 2 is 1.86 bits per heavy atom. The summed E-state index contributed by atoms with van der Waals surface area (Å²) in [7, 11) is 0. The van der Waals surface area contributed by atoms with Gasteiger partial charge >= 0.3 is 0 Å². The molecular weight excluding hydrogens is 373 g/mol. The number of benzene rings is 1. The molecule has 4 N–H and O–H groups in total. The molecule has 0 atom stereocenters. The van der Waals surface area contributed by atoms with Gasteiger partial charge in [-0.2, -0.15) is 0 Å². The number of aromatic nitrogens is 3. The van der Waals surface area contributed by atoms with Crippen molar-refractivity contribution in [1.29, 1.82) is 0 Å². The van der Waals surface area contributed by atoms with E-state index in [4.69, 9.17) is 20.7 Å². The largest absolute Gasteiger partial charge is 0.473 e. The third-order valence-electron chi connectivity index (χ3n) is 4.31. The number of hydrogen-bond donors (Lipinski definition) is 2. The van der Waals surface area contributed by atoms with E-state index in [0.29, 0.717) is 39.8 Å². The van der Waals surface area contributed by atoms with E-state index in [1.54, 1.807) is 60.8 Å². The summed E-state index contributed by atoms with van der Waals surface area (Å²) in [4.78, 5) is 8.07. The number of halogens is 1. The molecule has 0 saturated carbocycles. The van der Waals surface area contributed by atoms with Gasteiger partial charge in [-0.15, -0.1) is 0 Å². The van der Waals surface area contributed by atoms with E-state index >= 15 is 0 Å². The first-order valence-corrected chi connectivity index (χ1v) is 8.88. The van der Waals surface area contributed by atoms with Gasteiger partial charge in [0.05, 0.1) is 11.3 Å². The Labute approximate surface area is 166 Å². The van der Waals surface area contributed by atoms with Gasteiger partial charge in [0.25, 0.3) is 0 Å². The number of anilines is 2. The van der Waals surface area contributed by atoms with Crippen LogP contribution in [0.25, 0.3) is 11.3 Å². The molecule has 146 valence electrons. The zero-order valence-electron chi connectivity index (χ0n) is 15.4. The Morgan fingerprint density at radius 3 is 2.66 bits per heavy atom. The predicted octanol–water partition coefficient (Wildman–Crippen LogP) is 3.60. The second kappa shape index (κ2) is 7.97. The fourth-order valence-corrected chi connectivity index (χ4v) is 2.88. The molecule has 3 aromatic heterocycles. The number of ether oxygens (including phenoxy) is 1. The minimum atomic E-state index is -0.346. The molecule has 0 aliphatic carbocycles. The molecule has 0 amide bonds. The van der Waals surface area contributed by atoms with E-state index in [1.165, 1.54) is 0 Å². The van der Waals surface area contributed by atoms with Crippen LogP contribution in [0.2, 0.25) is 0 Å². The molecule has 4 aromatic rings. The molecule has 0 bridgehead atoms. The molecule has 0 aliphatic rings. The van der Waals surface area contributed by atoms with Crippen molar-refractivity contribution < 1.29 is 13.7 Å². The Kier molecular flexibility index (Phi) is 5.07. The average Bonchev–Trinajstić information content (AvgIpc) is 3.17. The van der Waals surface area contributed by atoms with Crippen molar-refractivity contribution in [2.75, 3.05) is 11.5 Å². The zero-order valence-corrected chi connectivity index (χ0v) is 15.4. The Bertz CT molecular complexity index is 1130. The molecule has 29 heavy (non-hydrogen) atoms. The van der Waals surface area contributed by atoms with Crippen LogP contribution in [0, 0.1) is 5.82 Å². The van der Waals surface area contributed by atoms with Gasteiger partial charge in [-0.1, -0.05) is 29.4 Å². The van der Waals surface area contributed by atoms with Crippen LogP contribution in [-0.2, 0) is 13.0 Å². The fourth-order valence-electron chi connectivity index (χ4n) is 2.88. The summed E-state index contributed by atoms with van der Waals surface area (Å²) in [5.74, 6) is 1.10. The molecule has 0 unspecified atom stereocenters. The van der Waals surface area contributed by atoms with E-state index in [1.807, 2.05) is 0 Å². The molecule has 7 nitrogen and oxygen atoms in total. The fraction of sp³-hybridized carbons (Fsp3) is 0.0952. The summed E-state index contributed by atoms with van der Waals surface area (Å²) < 4.78 is 25.8. The van der Waals surface area contributed by atoms with Gasteiger partial charge in [0.15, 0.2) is 5.76 Å². The molecule has 8 heteroatoms. The molecule has 0 fully saturated rings. The Hall–Kier alpha value is -3.94. The third kappa shape index (κ3) is 4.16. The van der Waals surface area contributed by atoms with E-state index < -0.39 is 0 Å². The summed E-state index contributed by atoms with van der Waals surface area (Å²) in [6.07, 6.45) is 1.88. The van der Waals surface area contributed by atoms with Crippen LogP contribution in [0.1, 0.15) is 16.8 Å². The first-order chi connectivity index (χ1) is 14.1. The Balaban J connectivity index is 1.50. The van der Waals surface area contributed by atoms with Crippen molar-refractivity contribution >= 4 is 11.6 Å². The first-order valence-electron chi connectivity index (χ1n) is 8.88. The van der Waals surface area contributed by atoms with Gasteiger partial charge in [-0.3, -0.25) is 0 Å². The summed E-state index contributed by atoms with van der Waals surface area (Å²) in [5, 5.41) is 4.02. The zero-order chi connectivity index (χ0) is 20.2. The van der Waals surface area contributed by atoms with Gasteiger partial charge in [-0.25, -0.2) is 14.4 Å². The second-order valence-electron chi connectivity index (χ2n) is 6.38. The Morgan fingerprint density at radius 1 is 1.00 bits per heavy atom. The minimum Gasteiger partial charge on any atom is -0.473 e. The standard InChI is InChI=1S/C21H18FN5O2/c22-20-13(4-3-5-14(20)12-28-19-6-1-2-9-25-19)10-15-11-17(29-27-15)16-7-8-18(23)26-21(16)24/h1-9,11H,10,12H2,(H4,23,24,26). The van der Waals surface area contributed by atoms with Crippen LogP contribution >= 0.6 is 0 Å². The van der Waals surface area contributed by atoms with Crippen LogP contribution in [0.15, 0.2) is 65.3 Å². The lowest BCUT2D eigenvalue weighted by molar-refractivity contribution is 0.287. The SMILES string of the molecule is Nc1ccc(-c2cc(Cc3cccc(COc4ccccn4)c3F)no2)c(N)n1. The lowest BCUT2D eigenvalue weighted by Crippen LogP contribution is -2.03. The summed E-state index contributed by atoms with van der Waals surface area (Å²) in [6, 6.07) is 15.5. The molecule has 1 aromatic carbocycles. The van der Waals surface area contributed by atoms with Crippen molar-refractivity contribution in [1.82, 2.24) is 15.1 Å². The van der Waals surface area contributed by atoms with Gasteiger partial charge in [0.1, 0.15) is 24.1 Å². The van der Waals surface area contributed by atoms with E-state index in [0.717, 1.165) is 0 Å². The molecule has 0 spiro atoms. The van der Waals surface area contributed by atoms with Crippen LogP contribution in [0.3, 0.4) is 0 Å². The molecule has 0 aliphatic heterocycles. The number of nitrogens with zero attached hydrogens (tertiary/aromatic N) is 3. The minimum absolute atomic E-state index is 0.0778. The van der Waals surface area contributed by atoms with Crippen LogP contribution in [-0.4, -0.2) is 15.1 Å². The van der Waals surface area contributed by atoms with Crippen molar-refractivity contribution in [3.05, 3.63) is 83.4 Å². The number of rotatable bonds is 6. The van der Waals surface area contributed by atoms with Crippen molar-refractivity contribution in [2.24, 2.45) is 0 Å². The number of nitrogens with two attached hydrogens (primary N) is 2. The number of pyridine rings is 2. The van der Waals surface area contributed by atoms with Gasteiger partial charge in [-0.05, 0) is 23.8 Å². The average molecular weight is 391 g/mol. The molecule has 4 rings (SSSR count). The van der Waals surface area contributed by atoms with E-state index in [-0.39, 0.29) is 24.7 Å². The topological polar surface area (TPSA) is 113 Å². The van der Waals surface area contributed by atoms with Crippen molar-refractivity contribution in [3.8, 4) is 17.2 Å². The monoisotopic (exact) mass is 391 g/mol. The number of nitrogen functional groups attached to an aromatic ring is 2. The third-order valence-corrected chi connectivity index (χ3v) is 4.31. The highest BCUT2D eigenvalue weighted by Crippen LogP contribution is 2.27. The molecular formula is C21H18FN5O2. The normalized spacial score (nSPS) is 10.8. The maximum Gasteiger partial charge on any atom is 0.213 e. The van der Waals surface area contributed by atoms with Crippen LogP contribution in [0.5, 0.6) is 5.88 Å². The summed E-state index contributed by atoms with van der Waals surface area (Å²) >= 11 is 0. The van der Waals surface area contributed by atoms with E-state index in [2.05, 4.69) is 15.1 Å². The highest BCUT2D eigenvalue weighted by Gasteiger charge is 2.14. The maximum atomic E-state index is 14.9. The van der Waals surface area contributed by atoms with Crippen molar-refractivity contribution in [3.63, 3.8) is 0 Å². The summed E-state index contributed by atoms with van der Waals surface area (Å²) in [6.45, 7) is 0.0778. The van der Waals surface area contributed by atoms with Crippen LogP contribution < -0.4 is 16.2 Å². The maximum absolute atomic E-state index is 14.9. The summed E-state index contributed by atoms with van der Waals surface area (Å²) in [5.41, 5.74) is 13.6. The van der Waals surface area contributed by atoms with Gasteiger partial charge in [0, 0.05) is 30.3 Å². The first kappa shape index (κ1) is 18.4. The predicted molar refractivity (Wildman–Crippen MR) is 106 cm³/mol. The highest BCUT2D eigenvalue weighted by atomic mass is 19.1. The van der Waals surface area contributed by atoms with Crippen LogP contribution in [0.4, 0.5) is 16.0 Å². The number of hydrogen-bond acceptors (Lipinski definition) is 7.